The van der Waals surface area contributed by atoms with E-state index in [9.17, 15) is 23.2 Å². The van der Waals surface area contributed by atoms with Crippen molar-refractivity contribution in [3.05, 3.63) is 340 Å². The summed E-state index contributed by atoms with van der Waals surface area (Å²) in [4.78, 5) is 36.4. The van der Waals surface area contributed by atoms with Crippen molar-refractivity contribution in [2.75, 3.05) is 35.5 Å². The van der Waals surface area contributed by atoms with E-state index in [0.29, 0.717) is 28.9 Å². The number of hydrogen-bond acceptors (Lipinski definition) is 15. The Hall–Kier alpha value is -12.0. The normalized spacial score (nSPS) is 8.92. The van der Waals surface area contributed by atoms with Gasteiger partial charge in [-0.15, -0.1) is 11.3 Å². The molecule has 0 saturated carbocycles. The number of halogens is 3. The highest BCUT2D eigenvalue weighted by molar-refractivity contribution is 9.10. The fraction of sp³-hybridized carbons (Fsp3) is 0.306. The molecule has 0 fully saturated rings. The van der Waals surface area contributed by atoms with Gasteiger partial charge in [-0.3, -0.25) is 4.79 Å². The summed E-state index contributed by atoms with van der Waals surface area (Å²) in [6.45, 7) is 31.8. The van der Waals surface area contributed by atoms with Gasteiger partial charge in [-0.2, -0.15) is 21.0 Å². The first-order valence-electron chi connectivity index (χ1n) is 37.9. The van der Waals surface area contributed by atoms with Gasteiger partial charge in [-0.05, 0) is 240 Å². The van der Waals surface area contributed by atoms with Gasteiger partial charge in [0.25, 0.3) is 0 Å². The van der Waals surface area contributed by atoms with Gasteiger partial charge in [0.05, 0.1) is 76.0 Å². The number of furan rings is 1. The molecule has 0 aliphatic heterocycles. The van der Waals surface area contributed by atoms with Crippen LogP contribution in [0.15, 0.2) is 239 Å². The third kappa shape index (κ3) is 62.1. The van der Waals surface area contributed by atoms with Gasteiger partial charge in [0.1, 0.15) is 34.6 Å². The number of nitriles is 4. The number of esters is 2. The maximum Gasteiger partial charge on any atom is 0.373 e. The molecule has 624 valence electrons. The lowest BCUT2D eigenvalue weighted by Gasteiger charge is -2.04. The molecule has 117 heavy (non-hydrogen) atoms. The number of nitrogens with zero attached hydrogens (tertiary/aromatic N) is 5. The Morgan fingerprint density at radius 1 is 0.436 bits per heavy atom. The van der Waals surface area contributed by atoms with E-state index < -0.39 is 5.97 Å². The van der Waals surface area contributed by atoms with Crippen molar-refractivity contribution >= 4 is 45.1 Å². The summed E-state index contributed by atoms with van der Waals surface area (Å²) in [5, 5.41) is 35.4. The highest BCUT2D eigenvalue weighted by atomic mass is 79.9. The molecule has 9 aromatic carbocycles. The first-order chi connectivity index (χ1) is 55.8. The van der Waals surface area contributed by atoms with Crippen molar-refractivity contribution in [1.82, 2.24) is 4.98 Å². The zero-order valence-corrected chi connectivity index (χ0v) is 74.7. The number of rotatable bonds is 12. The Morgan fingerprint density at radius 2 is 0.880 bits per heavy atom. The van der Waals surface area contributed by atoms with Crippen LogP contribution in [0.25, 0.3) is 0 Å². The number of hydrogen-bond donors (Lipinski definition) is 1. The molecule has 0 saturated heterocycles. The van der Waals surface area contributed by atoms with E-state index in [0.717, 1.165) is 104 Å². The lowest BCUT2D eigenvalue weighted by atomic mass is 10.1. The number of methoxy groups -OCH3 is 5. The van der Waals surface area contributed by atoms with Crippen LogP contribution >= 0.6 is 27.3 Å². The standard InChI is InChI=1S/C9H12O2.C9H10O2.C8H9NO.C8H7N.C8H10O.C8H10.C7H7Br.2C7H7F.C7H8O3.C6H11N.C5H7NS.C5H9N.C4H7N/c1-7-4-8(10-2)6-9(5-7)11-3;1-7-4-3-5-8(6-7)9(10)11-2;1-6-3-2-4-7(5-6)8(9)10;1-7-3-2-4-8(5-7)6-9;1-7-4-3-5-8(6-7)9-2;1-7-4-3-5-8(2)6-7;2*1-6-3-2-4-7(8)5-6;1-6-4-2-3-5-7(6)8;1-5-3-4-6(10-5)7(8)9-2;1-2-3-4-5-6-7;1-4-3-7-5(2)6-4;1-2-3-4-5-6;1-2-3-4-5/h4-6H,1-3H3;3-6H,1-2H3;2-5H,1H3,(H2,9,10);2-5H,1H3;3-6H,1-2H3;3-6H,1-2H3;3*2-5H,1H3;3-4H,1-2H3;2-5H2,1H3;3H,1-2H3;2-4H2,1H3;2-3H2,1H3. The molecule has 15 nitrogen and oxygen atoms in total. The fourth-order valence-electron chi connectivity index (χ4n) is 8.60. The van der Waals surface area contributed by atoms with Gasteiger partial charge in [-0.25, -0.2) is 23.4 Å². The van der Waals surface area contributed by atoms with Gasteiger partial charge >= 0.3 is 11.9 Å². The molecule has 1 amide bonds. The minimum Gasteiger partial charge on any atom is -0.497 e. The molecule has 2 aromatic heterocycles. The van der Waals surface area contributed by atoms with Crippen LogP contribution in [-0.4, -0.2) is 58.4 Å². The minimum absolute atomic E-state index is 0.132. The zero-order valence-electron chi connectivity index (χ0n) is 72.3. The predicted molar refractivity (Wildman–Crippen MR) is 479 cm³/mol. The summed E-state index contributed by atoms with van der Waals surface area (Å²) in [6.07, 6.45) is 8.80. The molecule has 0 spiro atoms. The molecule has 0 atom stereocenters. The molecule has 0 bridgehead atoms. The Balaban J connectivity index is -0.00000120. The molecule has 11 aromatic rings. The van der Waals surface area contributed by atoms with Crippen LogP contribution < -0.4 is 19.9 Å². The fourth-order valence-corrected chi connectivity index (χ4v) is 9.71. The van der Waals surface area contributed by atoms with Crippen LogP contribution in [0.5, 0.6) is 17.2 Å². The number of primary amides is 1. The predicted octanol–water partition coefficient (Wildman–Crippen LogP) is 26.3. The molecular weight excluding hydrogens is 1560 g/mol. The van der Waals surface area contributed by atoms with Crippen LogP contribution in [-0.2, 0) is 9.47 Å². The summed E-state index contributed by atoms with van der Waals surface area (Å²) in [7, 11) is 7.67. The highest BCUT2D eigenvalue weighted by Crippen LogP contribution is 2.22. The second-order valence-electron chi connectivity index (χ2n) is 25.7. The topological polar surface area (TPSA) is 245 Å². The summed E-state index contributed by atoms with van der Waals surface area (Å²) in [5.74, 6) is 2.17. The first kappa shape index (κ1) is 109. The van der Waals surface area contributed by atoms with Crippen molar-refractivity contribution in [3.8, 4) is 41.5 Å². The molecule has 2 N–H and O–H groups in total. The van der Waals surface area contributed by atoms with E-state index in [1.54, 1.807) is 107 Å². The molecule has 2 heterocycles. The molecule has 0 radical (unpaired) electrons. The second-order valence-corrected chi connectivity index (χ2v) is 27.7. The average molecular weight is 1680 g/mol. The molecule has 11 rings (SSSR count). The van der Waals surface area contributed by atoms with Crippen molar-refractivity contribution in [2.24, 2.45) is 5.73 Å². The maximum atomic E-state index is 12.3. The van der Waals surface area contributed by atoms with Crippen LogP contribution in [0.3, 0.4) is 0 Å². The van der Waals surface area contributed by atoms with Crippen LogP contribution in [0.1, 0.15) is 187 Å². The smallest absolute Gasteiger partial charge is 0.373 e. The van der Waals surface area contributed by atoms with Crippen LogP contribution in [0.2, 0.25) is 0 Å². The number of ether oxygens (including phenoxy) is 5. The van der Waals surface area contributed by atoms with Crippen molar-refractivity contribution in [2.45, 2.75) is 169 Å². The Labute approximate surface area is 709 Å². The third-order valence-corrected chi connectivity index (χ3v) is 16.0. The SMILES string of the molecule is CCCC#N.CCCCC#N.CCCCCC#N.COC(=O)c1ccc(C)o1.COC(=O)c1cccc(C)c1.COc1cc(C)cc(OC)c1.COc1cccc(C)c1.Cc1cccc(Br)c1.Cc1cccc(C#N)c1.Cc1cccc(C(N)=O)c1.Cc1cccc(C)c1.Cc1cccc(F)c1.Cc1ccccc1F.Cc1csc(C)n1. The van der Waals surface area contributed by atoms with Gasteiger partial charge < -0.3 is 33.8 Å². The quantitative estimate of drug-likeness (QED) is 0.0883. The van der Waals surface area contributed by atoms with Crippen LogP contribution in [0, 0.1) is 147 Å². The molecule has 0 unspecified atom stereocenters. The number of benzene rings is 9. The second kappa shape index (κ2) is 70.6. The van der Waals surface area contributed by atoms with Crippen molar-refractivity contribution < 1.29 is 51.3 Å². The largest absolute Gasteiger partial charge is 0.497 e. The average Bonchev–Trinajstić information content (AvgIpc) is 1.88. The summed E-state index contributed by atoms with van der Waals surface area (Å²) >= 11 is 5.06. The van der Waals surface area contributed by atoms with Gasteiger partial charge in [0.15, 0.2) is 0 Å². The molecule has 0 aliphatic rings. The molecule has 0 aliphatic carbocycles. The Morgan fingerprint density at radius 3 is 1.18 bits per heavy atom. The maximum absolute atomic E-state index is 12.3. The number of aryl methyl sites for hydroxylation is 13. The zero-order chi connectivity index (χ0) is 88.7. The van der Waals surface area contributed by atoms with Gasteiger partial charge in [0, 0.05) is 46.4 Å². The van der Waals surface area contributed by atoms with Gasteiger partial charge in [-0.1, -0.05) is 199 Å². The van der Waals surface area contributed by atoms with Crippen LogP contribution in [0.4, 0.5) is 8.78 Å². The number of nitrogens with two attached hydrogens (primary N) is 1. The Bertz CT molecular complexity index is 4470. The van der Waals surface area contributed by atoms with Crippen molar-refractivity contribution in [1.29, 1.82) is 21.0 Å². The summed E-state index contributed by atoms with van der Waals surface area (Å²) < 4.78 is 54.7. The number of aromatic nitrogens is 1. The van der Waals surface area contributed by atoms with E-state index in [2.05, 4.69) is 125 Å². The first-order valence-corrected chi connectivity index (χ1v) is 39.6. The van der Waals surface area contributed by atoms with E-state index in [1.165, 1.54) is 67.5 Å². The number of amides is 1. The number of carbonyl (C=O) groups excluding carboxylic acids is 3. The van der Waals surface area contributed by atoms with Gasteiger partial charge in [0.2, 0.25) is 11.7 Å². The Kier molecular flexibility index (Phi) is 65.9. The molecule has 19 heteroatoms. The third-order valence-electron chi connectivity index (χ3n) is 14.6. The highest BCUT2D eigenvalue weighted by Gasteiger charge is 2.08. The van der Waals surface area contributed by atoms with Crippen molar-refractivity contribution in [3.63, 3.8) is 0 Å². The molecular formula is C98H121BrF2N6O9S. The number of carbonyl (C=O) groups is 3. The van der Waals surface area contributed by atoms with E-state index in [1.807, 2.05) is 178 Å². The number of unbranched alkanes of at least 4 members (excludes halogenated alkanes) is 6. The summed E-state index contributed by atoms with van der Waals surface area (Å²) in [5.41, 5.74) is 19.3. The lowest BCUT2D eigenvalue weighted by molar-refractivity contribution is 0.0561. The summed E-state index contributed by atoms with van der Waals surface area (Å²) in [6, 6.07) is 77.2. The number of thiazole rings is 1. The lowest BCUT2D eigenvalue weighted by Crippen LogP contribution is -2.10. The minimum atomic E-state index is -0.437. The monoisotopic (exact) mass is 1670 g/mol. The van der Waals surface area contributed by atoms with E-state index in [-0.39, 0.29) is 29.3 Å². The van der Waals surface area contributed by atoms with E-state index in [4.69, 9.17) is 45.4 Å². The van der Waals surface area contributed by atoms with E-state index >= 15 is 0 Å².